The summed E-state index contributed by atoms with van der Waals surface area (Å²) >= 11 is 0. The van der Waals surface area contributed by atoms with Crippen molar-refractivity contribution in [2.24, 2.45) is 5.92 Å². The number of anilines is 3. The number of hydrogen-bond acceptors (Lipinski definition) is 11. The molecule has 5 amide bonds. The molecule has 0 radical (unpaired) electrons. The minimum atomic E-state index is -1.71. The summed E-state index contributed by atoms with van der Waals surface area (Å²) in [6, 6.07) is 4.28. The number of rotatable bonds is 14. The average molecular weight is 726 g/mol. The molecule has 17 nitrogen and oxygen atoms in total. The summed E-state index contributed by atoms with van der Waals surface area (Å²) in [5, 5.41) is 29.5. The summed E-state index contributed by atoms with van der Waals surface area (Å²) in [7, 11) is 2.61. The lowest BCUT2D eigenvalue weighted by Crippen LogP contribution is -2.53. The number of aliphatic hydroxyl groups is 1. The van der Waals surface area contributed by atoms with Crippen LogP contribution in [0.2, 0.25) is 0 Å². The Bertz CT molecular complexity index is 1730. The van der Waals surface area contributed by atoms with E-state index < -0.39 is 60.2 Å². The number of esters is 1. The molecule has 0 saturated carbocycles. The molecule has 4 atom stereocenters. The van der Waals surface area contributed by atoms with Gasteiger partial charge in [0.2, 0.25) is 11.8 Å². The number of hydrogen-bond donors (Lipinski definition) is 5. The molecule has 52 heavy (non-hydrogen) atoms. The molecule has 0 aliphatic carbocycles. The van der Waals surface area contributed by atoms with E-state index >= 15 is 0 Å². The number of fused-ring (bicyclic) bond motifs is 4. The SMILES string of the molecule is C=CCOC(=O)NC(C(=O)NC(C)C(=O)Nc1ccc2c(c1)N1C(=O)c3cc(OC)c(OCCCC(=O)OC)cc3N(C(=O)O)[C@@H](O)[C@@H]1C2)C(C)C. The topological polar surface area (TPSA) is 222 Å². The van der Waals surface area contributed by atoms with Crippen LogP contribution in [0.15, 0.2) is 43.0 Å². The Morgan fingerprint density at radius 1 is 1.02 bits per heavy atom. The molecule has 0 spiro atoms. The number of nitrogens with one attached hydrogen (secondary N) is 3. The van der Waals surface area contributed by atoms with Crippen LogP contribution in [0, 0.1) is 5.92 Å². The van der Waals surface area contributed by atoms with Crippen LogP contribution >= 0.6 is 0 Å². The van der Waals surface area contributed by atoms with Crippen molar-refractivity contribution in [2.45, 2.75) is 64.4 Å². The summed E-state index contributed by atoms with van der Waals surface area (Å²) in [4.78, 5) is 78.5. The van der Waals surface area contributed by atoms with E-state index in [4.69, 9.17) is 14.2 Å². The van der Waals surface area contributed by atoms with Crippen molar-refractivity contribution in [3.05, 3.63) is 54.1 Å². The molecular formula is C35H43N5O12. The molecule has 2 aromatic carbocycles. The summed E-state index contributed by atoms with van der Waals surface area (Å²) in [5.41, 5.74) is 0.959. The Balaban J connectivity index is 1.57. The van der Waals surface area contributed by atoms with Gasteiger partial charge in [-0.3, -0.25) is 24.1 Å². The number of carbonyl (C=O) groups is 6. The van der Waals surface area contributed by atoms with Crippen molar-refractivity contribution in [1.82, 2.24) is 10.6 Å². The molecule has 0 fully saturated rings. The van der Waals surface area contributed by atoms with E-state index in [9.17, 15) is 39.0 Å². The van der Waals surface area contributed by atoms with E-state index in [2.05, 4.69) is 27.3 Å². The largest absolute Gasteiger partial charge is 0.493 e. The smallest absolute Gasteiger partial charge is 0.414 e. The highest BCUT2D eigenvalue weighted by atomic mass is 16.5. The number of carbonyl (C=O) groups excluding carboxylic acids is 5. The standard InChI is InChI=1S/C35H43N5O12/c1-7-12-52-34(46)38-29(18(2)3)31(43)36-19(4)30(42)37-21-11-10-20-14-25-33(45)40(35(47)48)24-17-27(51-13-8-9-28(41)50-6)26(49-5)16-22(24)32(44)39(25)23(20)15-21/h7,10-11,15-19,25,29,33,45H,1,8-9,12-14H2,2-6H3,(H,36,43)(H,37,42)(H,38,46)(H,47,48)/t19?,25-,29?,33-/m0/s1. The van der Waals surface area contributed by atoms with Gasteiger partial charge in [0.25, 0.3) is 5.91 Å². The molecule has 2 aliphatic rings. The Morgan fingerprint density at radius 2 is 1.75 bits per heavy atom. The summed E-state index contributed by atoms with van der Waals surface area (Å²) < 4.78 is 20.8. The van der Waals surface area contributed by atoms with Crippen LogP contribution in [0.5, 0.6) is 11.5 Å². The maximum atomic E-state index is 14.2. The predicted octanol–water partition coefficient (Wildman–Crippen LogP) is 2.80. The normalized spacial score (nSPS) is 17.0. The predicted molar refractivity (Wildman–Crippen MR) is 187 cm³/mol. The van der Waals surface area contributed by atoms with Crippen LogP contribution in [0.1, 0.15) is 49.5 Å². The van der Waals surface area contributed by atoms with Gasteiger partial charge in [0.05, 0.1) is 38.1 Å². The lowest BCUT2D eigenvalue weighted by Gasteiger charge is -2.30. The van der Waals surface area contributed by atoms with Crippen LogP contribution in [0.3, 0.4) is 0 Å². The highest BCUT2D eigenvalue weighted by Gasteiger charge is 2.47. The van der Waals surface area contributed by atoms with Crippen molar-refractivity contribution in [2.75, 3.05) is 42.5 Å². The van der Waals surface area contributed by atoms with Gasteiger partial charge in [0, 0.05) is 23.9 Å². The third-order valence-corrected chi connectivity index (χ3v) is 8.50. The average Bonchev–Trinajstić information content (AvgIpc) is 3.46. The van der Waals surface area contributed by atoms with Crippen LogP contribution in [0.25, 0.3) is 0 Å². The second kappa shape index (κ2) is 16.9. The first-order valence-electron chi connectivity index (χ1n) is 16.5. The first kappa shape index (κ1) is 39.0. The van der Waals surface area contributed by atoms with Crippen molar-refractivity contribution in [1.29, 1.82) is 0 Å². The zero-order valence-corrected chi connectivity index (χ0v) is 29.5. The summed E-state index contributed by atoms with van der Waals surface area (Å²) in [6.07, 6.45) is -2.20. The van der Waals surface area contributed by atoms with Gasteiger partial charge >= 0.3 is 18.2 Å². The van der Waals surface area contributed by atoms with E-state index in [0.29, 0.717) is 16.2 Å². The quantitative estimate of drug-likeness (QED) is 0.108. The van der Waals surface area contributed by atoms with Gasteiger partial charge in [-0.2, -0.15) is 0 Å². The van der Waals surface area contributed by atoms with E-state index in [1.54, 1.807) is 26.0 Å². The molecule has 0 saturated heterocycles. The second-order valence-corrected chi connectivity index (χ2v) is 12.4. The fourth-order valence-corrected chi connectivity index (χ4v) is 5.84. The van der Waals surface area contributed by atoms with E-state index in [-0.39, 0.29) is 66.8 Å². The molecule has 17 heteroatoms. The van der Waals surface area contributed by atoms with Crippen molar-refractivity contribution < 1.29 is 57.9 Å². The minimum absolute atomic E-state index is 0.0458. The van der Waals surface area contributed by atoms with E-state index in [0.717, 1.165) is 0 Å². The highest BCUT2D eigenvalue weighted by Crippen LogP contribution is 2.44. The molecule has 5 N–H and O–H groups in total. The van der Waals surface area contributed by atoms with Crippen molar-refractivity contribution in [3.63, 3.8) is 0 Å². The number of ether oxygens (including phenoxy) is 4. The molecule has 4 rings (SSSR count). The van der Waals surface area contributed by atoms with Crippen LogP contribution < -0.4 is 35.2 Å². The summed E-state index contributed by atoms with van der Waals surface area (Å²) in [5.74, 6) is -2.41. The fourth-order valence-electron chi connectivity index (χ4n) is 5.84. The molecule has 2 heterocycles. The molecular weight excluding hydrogens is 682 g/mol. The third-order valence-electron chi connectivity index (χ3n) is 8.50. The lowest BCUT2D eigenvalue weighted by molar-refractivity contribution is -0.140. The minimum Gasteiger partial charge on any atom is -0.493 e. The summed E-state index contributed by atoms with van der Waals surface area (Å²) in [6.45, 7) is 8.36. The Hall–Kier alpha value is -5.84. The van der Waals surface area contributed by atoms with E-state index in [1.165, 1.54) is 50.3 Å². The van der Waals surface area contributed by atoms with E-state index in [1.807, 2.05) is 0 Å². The number of nitrogens with zero attached hydrogens (tertiary/aromatic N) is 2. The number of methoxy groups -OCH3 is 2. The first-order chi connectivity index (χ1) is 24.7. The Labute approximate surface area is 299 Å². The van der Waals surface area contributed by atoms with Crippen LogP contribution in [0.4, 0.5) is 26.7 Å². The molecule has 0 aromatic heterocycles. The molecule has 0 bridgehead atoms. The number of alkyl carbamates (subject to hydrolysis) is 1. The van der Waals surface area contributed by atoms with Gasteiger partial charge in [-0.05, 0) is 49.4 Å². The van der Waals surface area contributed by atoms with Gasteiger partial charge in [0.1, 0.15) is 18.7 Å². The Morgan fingerprint density at radius 3 is 2.38 bits per heavy atom. The maximum Gasteiger partial charge on any atom is 0.414 e. The zero-order valence-electron chi connectivity index (χ0n) is 29.5. The molecule has 2 aromatic rings. The number of benzene rings is 2. The number of aliphatic hydroxyl groups excluding tert-OH is 1. The highest BCUT2D eigenvalue weighted by molar-refractivity contribution is 6.15. The van der Waals surface area contributed by atoms with Gasteiger partial charge in [-0.25, -0.2) is 14.5 Å². The van der Waals surface area contributed by atoms with Gasteiger partial charge in [-0.15, -0.1) is 0 Å². The first-order valence-corrected chi connectivity index (χ1v) is 16.5. The maximum absolute atomic E-state index is 14.2. The Kier molecular flexibility index (Phi) is 12.7. The van der Waals surface area contributed by atoms with Gasteiger partial charge in [-0.1, -0.05) is 32.6 Å². The molecule has 2 aliphatic heterocycles. The lowest BCUT2D eigenvalue weighted by atomic mass is 10.0. The number of amides is 5. The fraction of sp³-hybridized carbons (Fsp3) is 0.429. The number of carboxylic acid groups (broad SMARTS) is 1. The molecule has 2 unspecified atom stereocenters. The monoisotopic (exact) mass is 725 g/mol. The molecule has 280 valence electrons. The second-order valence-electron chi connectivity index (χ2n) is 12.4. The van der Waals surface area contributed by atoms with Crippen LogP contribution in [-0.2, 0) is 30.3 Å². The third kappa shape index (κ3) is 8.54. The van der Waals surface area contributed by atoms with Crippen molar-refractivity contribution >= 4 is 52.9 Å². The van der Waals surface area contributed by atoms with Crippen molar-refractivity contribution in [3.8, 4) is 11.5 Å². The zero-order chi connectivity index (χ0) is 38.3. The van der Waals surface area contributed by atoms with Gasteiger partial charge < -0.3 is 45.1 Å². The van der Waals surface area contributed by atoms with Gasteiger partial charge in [0.15, 0.2) is 17.7 Å². The van der Waals surface area contributed by atoms with Crippen LogP contribution in [-0.4, -0.2) is 97.9 Å².